The third-order valence-electron chi connectivity index (χ3n) is 4.66. The van der Waals surface area contributed by atoms with E-state index in [1.807, 2.05) is 19.9 Å². The van der Waals surface area contributed by atoms with Crippen LogP contribution in [0.2, 0.25) is 0 Å². The normalized spacial score (nSPS) is 12.0. The van der Waals surface area contributed by atoms with E-state index in [9.17, 15) is 22.8 Å². The van der Waals surface area contributed by atoms with Gasteiger partial charge >= 0.3 is 12.1 Å². The second-order valence-electron chi connectivity index (χ2n) is 7.28. The SMILES string of the molecule is CCCc1c(CC)nc(SC)n(C(COCC(F)(F)F)c2ccccc2)c1=O.CCOC(C)=O. The van der Waals surface area contributed by atoms with Crippen molar-refractivity contribution in [1.82, 2.24) is 9.55 Å². The summed E-state index contributed by atoms with van der Waals surface area (Å²) in [5.41, 5.74) is 1.87. The fraction of sp³-hybridized carbons (Fsp3) is 0.542. The van der Waals surface area contributed by atoms with Crippen LogP contribution in [0.1, 0.15) is 57.0 Å². The van der Waals surface area contributed by atoms with Crippen molar-refractivity contribution < 1.29 is 27.4 Å². The maximum Gasteiger partial charge on any atom is 0.411 e. The van der Waals surface area contributed by atoms with Crippen molar-refractivity contribution >= 4 is 17.7 Å². The Bertz CT molecular complexity index is 950. The number of hydrogen-bond donors (Lipinski definition) is 0. The summed E-state index contributed by atoms with van der Waals surface area (Å²) < 4.78 is 48.6. The zero-order valence-electron chi connectivity index (χ0n) is 20.3. The first-order valence-corrected chi connectivity index (χ1v) is 12.3. The van der Waals surface area contributed by atoms with E-state index in [0.717, 1.165) is 12.1 Å². The van der Waals surface area contributed by atoms with Gasteiger partial charge in [-0.2, -0.15) is 13.2 Å². The fourth-order valence-corrected chi connectivity index (χ4v) is 3.90. The topological polar surface area (TPSA) is 70.4 Å². The first-order valence-electron chi connectivity index (χ1n) is 11.1. The molecule has 1 aromatic heterocycles. The van der Waals surface area contributed by atoms with Crippen LogP contribution in [-0.4, -0.2) is 47.8 Å². The van der Waals surface area contributed by atoms with Crippen LogP contribution in [0.25, 0.3) is 0 Å². The molecule has 1 unspecified atom stereocenters. The van der Waals surface area contributed by atoms with Crippen molar-refractivity contribution in [2.45, 2.75) is 64.3 Å². The third-order valence-corrected chi connectivity index (χ3v) is 5.32. The average molecular weight is 503 g/mol. The van der Waals surface area contributed by atoms with Gasteiger partial charge in [0.05, 0.1) is 24.9 Å². The Labute approximate surface area is 202 Å². The lowest BCUT2D eigenvalue weighted by Crippen LogP contribution is -2.35. The maximum absolute atomic E-state index is 13.3. The van der Waals surface area contributed by atoms with Crippen LogP contribution in [0.3, 0.4) is 0 Å². The Hall–Kier alpha value is -2.33. The van der Waals surface area contributed by atoms with Crippen molar-refractivity contribution in [2.24, 2.45) is 0 Å². The standard InChI is InChI=1S/C20H25F3N2O2S.C4H8O2/c1-4-9-15-16(5-2)24-19(28-3)25(18(15)26)17(12-27-13-20(21,22)23)14-10-7-6-8-11-14;1-3-6-4(2)5/h6-8,10-11,17H,4-5,9,12-13H2,1-3H3;3H2,1-2H3. The van der Waals surface area contributed by atoms with E-state index in [2.05, 4.69) is 9.72 Å². The molecule has 1 heterocycles. The number of alkyl halides is 3. The summed E-state index contributed by atoms with van der Waals surface area (Å²) in [6.45, 7) is 5.95. The molecule has 0 radical (unpaired) electrons. The first kappa shape index (κ1) is 29.7. The Morgan fingerprint density at radius 1 is 1.18 bits per heavy atom. The average Bonchev–Trinajstić information content (AvgIpc) is 2.78. The van der Waals surface area contributed by atoms with Crippen LogP contribution < -0.4 is 5.56 Å². The van der Waals surface area contributed by atoms with E-state index in [-0.39, 0.29) is 18.1 Å². The molecule has 0 aliphatic carbocycles. The highest BCUT2D eigenvalue weighted by atomic mass is 32.2. The number of aryl methyl sites for hydroxylation is 1. The van der Waals surface area contributed by atoms with Crippen LogP contribution in [0, 0.1) is 0 Å². The number of benzene rings is 1. The number of hydrogen-bond acceptors (Lipinski definition) is 6. The van der Waals surface area contributed by atoms with Gasteiger partial charge in [-0.25, -0.2) is 4.98 Å². The summed E-state index contributed by atoms with van der Waals surface area (Å²) >= 11 is 1.30. The zero-order chi connectivity index (χ0) is 25.7. The molecule has 0 N–H and O–H groups in total. The third kappa shape index (κ3) is 9.50. The maximum atomic E-state index is 13.3. The highest BCUT2D eigenvalue weighted by Gasteiger charge is 2.29. The van der Waals surface area contributed by atoms with Gasteiger partial charge in [-0.05, 0) is 31.6 Å². The van der Waals surface area contributed by atoms with Crippen LogP contribution >= 0.6 is 11.8 Å². The molecule has 6 nitrogen and oxygen atoms in total. The van der Waals surface area contributed by atoms with Crippen LogP contribution in [0.4, 0.5) is 13.2 Å². The van der Waals surface area contributed by atoms with Gasteiger partial charge in [0.25, 0.3) is 5.56 Å². The predicted octanol–water partition coefficient (Wildman–Crippen LogP) is 5.22. The molecule has 1 atom stereocenters. The van der Waals surface area contributed by atoms with E-state index in [0.29, 0.717) is 35.7 Å². The Balaban J connectivity index is 0.000000852. The molecular formula is C24H33F3N2O4S. The van der Waals surface area contributed by atoms with Gasteiger partial charge in [0.2, 0.25) is 0 Å². The number of nitrogens with zero attached hydrogens (tertiary/aromatic N) is 2. The minimum absolute atomic E-state index is 0.206. The van der Waals surface area contributed by atoms with E-state index in [4.69, 9.17) is 4.74 Å². The Kier molecular flexibility index (Phi) is 13.0. The zero-order valence-corrected chi connectivity index (χ0v) is 21.1. The van der Waals surface area contributed by atoms with Crippen molar-refractivity contribution in [3.05, 3.63) is 57.5 Å². The highest BCUT2D eigenvalue weighted by Crippen LogP contribution is 2.25. The van der Waals surface area contributed by atoms with Gasteiger partial charge in [-0.15, -0.1) is 0 Å². The van der Waals surface area contributed by atoms with E-state index >= 15 is 0 Å². The Morgan fingerprint density at radius 2 is 1.82 bits per heavy atom. The monoisotopic (exact) mass is 502 g/mol. The van der Waals surface area contributed by atoms with E-state index in [1.165, 1.54) is 23.3 Å². The minimum atomic E-state index is -4.42. The molecule has 190 valence electrons. The highest BCUT2D eigenvalue weighted by molar-refractivity contribution is 7.98. The molecule has 10 heteroatoms. The number of carbonyl (C=O) groups excluding carboxylic acids is 1. The number of aromatic nitrogens is 2. The quantitative estimate of drug-likeness (QED) is 0.252. The second kappa shape index (κ2) is 14.8. The lowest BCUT2D eigenvalue weighted by molar-refractivity contribution is -0.175. The summed E-state index contributed by atoms with van der Waals surface area (Å²) in [7, 11) is 0. The number of halogens is 3. The molecule has 2 rings (SSSR count). The molecule has 0 amide bonds. The largest absolute Gasteiger partial charge is 0.466 e. The molecule has 0 saturated heterocycles. The van der Waals surface area contributed by atoms with Crippen LogP contribution in [0.15, 0.2) is 40.3 Å². The summed E-state index contributed by atoms with van der Waals surface area (Å²) in [5, 5.41) is 0.478. The van der Waals surface area contributed by atoms with Gasteiger partial charge in [0.15, 0.2) is 5.16 Å². The van der Waals surface area contributed by atoms with Gasteiger partial charge < -0.3 is 9.47 Å². The van der Waals surface area contributed by atoms with E-state index in [1.54, 1.807) is 37.4 Å². The van der Waals surface area contributed by atoms with Crippen molar-refractivity contribution in [1.29, 1.82) is 0 Å². The summed E-state index contributed by atoms with van der Waals surface area (Å²) in [6.07, 6.45) is -0.640. The number of ether oxygens (including phenoxy) is 2. The number of thioether (sulfide) groups is 1. The van der Waals surface area contributed by atoms with Gasteiger partial charge in [0.1, 0.15) is 6.61 Å². The van der Waals surface area contributed by atoms with Gasteiger partial charge in [0, 0.05) is 12.5 Å². The summed E-state index contributed by atoms with van der Waals surface area (Å²) in [4.78, 5) is 27.8. The molecular weight excluding hydrogens is 469 g/mol. The lowest BCUT2D eigenvalue weighted by atomic mass is 10.1. The number of carbonyl (C=O) groups is 1. The fourth-order valence-electron chi connectivity index (χ4n) is 3.29. The molecule has 1 aromatic carbocycles. The predicted molar refractivity (Wildman–Crippen MR) is 127 cm³/mol. The minimum Gasteiger partial charge on any atom is -0.466 e. The first-order chi connectivity index (χ1) is 16.1. The lowest BCUT2D eigenvalue weighted by Gasteiger charge is -2.24. The van der Waals surface area contributed by atoms with Crippen molar-refractivity contribution in [2.75, 3.05) is 26.1 Å². The smallest absolute Gasteiger partial charge is 0.411 e. The summed E-state index contributed by atoms with van der Waals surface area (Å²) in [5.74, 6) is -0.211. The molecule has 0 saturated carbocycles. The Morgan fingerprint density at radius 3 is 2.26 bits per heavy atom. The second-order valence-corrected chi connectivity index (χ2v) is 8.06. The van der Waals surface area contributed by atoms with E-state index < -0.39 is 18.8 Å². The molecule has 0 fully saturated rings. The molecule has 2 aromatic rings. The number of esters is 1. The van der Waals surface area contributed by atoms with Gasteiger partial charge in [-0.3, -0.25) is 14.2 Å². The molecule has 0 aliphatic heterocycles. The molecule has 0 aliphatic rings. The van der Waals surface area contributed by atoms with Crippen molar-refractivity contribution in [3.63, 3.8) is 0 Å². The van der Waals surface area contributed by atoms with Crippen molar-refractivity contribution in [3.8, 4) is 0 Å². The van der Waals surface area contributed by atoms with Crippen LogP contribution in [0.5, 0.6) is 0 Å². The molecule has 0 spiro atoms. The molecule has 0 bridgehead atoms. The van der Waals surface area contributed by atoms with Gasteiger partial charge in [-0.1, -0.05) is 62.4 Å². The molecule has 34 heavy (non-hydrogen) atoms. The van der Waals surface area contributed by atoms with Crippen LogP contribution in [-0.2, 0) is 27.1 Å². The summed E-state index contributed by atoms with van der Waals surface area (Å²) in [6, 6.07) is 8.27. The number of rotatable bonds is 10.